The number of carbonyl (C=O) groups is 2. The van der Waals surface area contributed by atoms with Gasteiger partial charge in [0.05, 0.1) is 6.61 Å². The summed E-state index contributed by atoms with van der Waals surface area (Å²) in [4.78, 5) is 26.1. The van der Waals surface area contributed by atoms with E-state index in [1.165, 1.54) is 0 Å². The van der Waals surface area contributed by atoms with Gasteiger partial charge in [0.25, 0.3) is 0 Å². The van der Waals surface area contributed by atoms with Crippen LogP contribution in [0.4, 0.5) is 0 Å². The van der Waals surface area contributed by atoms with E-state index in [1.54, 1.807) is 6.92 Å². The number of hydrogen-bond donors (Lipinski definition) is 0. The molecule has 1 aliphatic carbocycles. The molecule has 1 rings (SSSR count). The Hall–Kier alpha value is -1.19. The number of hydrogen-bond acceptors (Lipinski definition) is 4. The Labute approximate surface area is 83.3 Å². The highest BCUT2D eigenvalue weighted by molar-refractivity contribution is 6.04. The van der Waals surface area contributed by atoms with Gasteiger partial charge in [0, 0.05) is 18.6 Å². The van der Waals surface area contributed by atoms with Crippen molar-refractivity contribution >= 4 is 17.5 Å². The standard InChI is InChI=1S/C10H15NO3/c1-2-14-10(13)7-11-8-4-3-5-9(12)6-8/h2-7H2,1H3. The van der Waals surface area contributed by atoms with Crippen LogP contribution in [0.2, 0.25) is 0 Å². The third-order valence-electron chi connectivity index (χ3n) is 2.06. The summed E-state index contributed by atoms with van der Waals surface area (Å²) in [7, 11) is 0. The van der Waals surface area contributed by atoms with E-state index >= 15 is 0 Å². The Bertz CT molecular complexity index is 258. The molecule has 1 aliphatic rings. The summed E-state index contributed by atoms with van der Waals surface area (Å²) in [6.45, 7) is 2.19. The number of ketones is 1. The zero-order chi connectivity index (χ0) is 10.4. The van der Waals surface area contributed by atoms with Crippen molar-refractivity contribution in [1.29, 1.82) is 0 Å². The molecule has 4 nitrogen and oxygen atoms in total. The van der Waals surface area contributed by atoms with Gasteiger partial charge in [-0.1, -0.05) is 0 Å². The highest BCUT2D eigenvalue weighted by Crippen LogP contribution is 2.11. The molecular formula is C10H15NO3. The molecule has 0 aromatic heterocycles. The smallest absolute Gasteiger partial charge is 0.327 e. The lowest BCUT2D eigenvalue weighted by molar-refractivity contribution is -0.141. The van der Waals surface area contributed by atoms with Crippen molar-refractivity contribution in [2.24, 2.45) is 4.99 Å². The first-order valence-electron chi connectivity index (χ1n) is 4.92. The SMILES string of the molecule is CCOC(=O)CN=C1CCCC(=O)C1. The number of carbonyl (C=O) groups excluding carboxylic acids is 2. The Morgan fingerprint density at radius 3 is 2.93 bits per heavy atom. The van der Waals surface area contributed by atoms with Crippen LogP contribution in [0.15, 0.2) is 4.99 Å². The van der Waals surface area contributed by atoms with E-state index < -0.39 is 0 Å². The van der Waals surface area contributed by atoms with Crippen LogP contribution in [-0.2, 0) is 14.3 Å². The molecule has 0 radical (unpaired) electrons. The first-order valence-corrected chi connectivity index (χ1v) is 4.92. The van der Waals surface area contributed by atoms with E-state index in [2.05, 4.69) is 4.99 Å². The second-order valence-corrected chi connectivity index (χ2v) is 3.26. The quantitative estimate of drug-likeness (QED) is 0.637. The van der Waals surface area contributed by atoms with Crippen LogP contribution in [-0.4, -0.2) is 30.6 Å². The highest BCUT2D eigenvalue weighted by Gasteiger charge is 2.14. The van der Waals surface area contributed by atoms with E-state index in [0.717, 1.165) is 18.6 Å². The molecule has 0 aromatic carbocycles. The minimum atomic E-state index is -0.321. The summed E-state index contributed by atoms with van der Waals surface area (Å²) in [5.74, 6) is -0.100. The number of nitrogens with zero attached hydrogens (tertiary/aromatic N) is 1. The Kier molecular flexibility index (Phi) is 4.29. The number of Topliss-reactive ketones (excluding diaryl/α,β-unsaturated/α-hetero) is 1. The van der Waals surface area contributed by atoms with Crippen LogP contribution in [0.3, 0.4) is 0 Å². The molecule has 78 valence electrons. The predicted molar refractivity (Wildman–Crippen MR) is 52.4 cm³/mol. The lowest BCUT2D eigenvalue weighted by Gasteiger charge is -2.11. The molecule has 1 fully saturated rings. The zero-order valence-electron chi connectivity index (χ0n) is 8.41. The third kappa shape index (κ3) is 3.68. The highest BCUT2D eigenvalue weighted by atomic mass is 16.5. The first-order chi connectivity index (χ1) is 6.72. The average molecular weight is 197 g/mol. The fourth-order valence-electron chi connectivity index (χ4n) is 1.41. The minimum Gasteiger partial charge on any atom is -0.465 e. The van der Waals surface area contributed by atoms with Gasteiger partial charge in [-0.05, 0) is 19.8 Å². The first kappa shape index (κ1) is 10.9. The molecule has 0 amide bonds. The molecule has 0 atom stereocenters. The average Bonchev–Trinajstić information content (AvgIpc) is 2.15. The second kappa shape index (κ2) is 5.52. The molecule has 0 heterocycles. The Balaban J connectivity index is 2.36. The van der Waals surface area contributed by atoms with Crippen LogP contribution in [0.5, 0.6) is 0 Å². The van der Waals surface area contributed by atoms with Crippen LogP contribution < -0.4 is 0 Å². The molecule has 0 saturated heterocycles. The topological polar surface area (TPSA) is 55.7 Å². The summed E-state index contributed by atoms with van der Waals surface area (Å²) in [6, 6.07) is 0. The maximum atomic E-state index is 11.0. The summed E-state index contributed by atoms with van der Waals surface area (Å²) < 4.78 is 4.73. The Morgan fingerprint density at radius 1 is 1.50 bits per heavy atom. The number of esters is 1. The van der Waals surface area contributed by atoms with Gasteiger partial charge in [0.1, 0.15) is 12.3 Å². The van der Waals surface area contributed by atoms with Gasteiger partial charge in [-0.2, -0.15) is 0 Å². The van der Waals surface area contributed by atoms with Crippen molar-refractivity contribution in [2.75, 3.05) is 13.2 Å². The molecule has 0 spiro atoms. The normalized spacial score (nSPS) is 19.8. The van der Waals surface area contributed by atoms with Crippen molar-refractivity contribution < 1.29 is 14.3 Å². The molecule has 0 N–H and O–H groups in total. The zero-order valence-corrected chi connectivity index (χ0v) is 8.41. The van der Waals surface area contributed by atoms with Crippen LogP contribution >= 0.6 is 0 Å². The van der Waals surface area contributed by atoms with Crippen LogP contribution in [0, 0.1) is 0 Å². The lowest BCUT2D eigenvalue weighted by Crippen LogP contribution is -2.16. The minimum absolute atomic E-state index is 0.0520. The maximum Gasteiger partial charge on any atom is 0.327 e. The molecule has 0 bridgehead atoms. The monoisotopic (exact) mass is 197 g/mol. The van der Waals surface area contributed by atoms with E-state index in [-0.39, 0.29) is 18.3 Å². The summed E-state index contributed by atoms with van der Waals surface area (Å²) in [6.07, 6.45) is 2.77. The van der Waals surface area contributed by atoms with Crippen molar-refractivity contribution in [3.8, 4) is 0 Å². The second-order valence-electron chi connectivity index (χ2n) is 3.26. The number of rotatable bonds is 3. The third-order valence-corrected chi connectivity index (χ3v) is 2.06. The molecule has 0 aromatic rings. The van der Waals surface area contributed by atoms with Crippen molar-refractivity contribution in [3.05, 3.63) is 0 Å². The van der Waals surface area contributed by atoms with Crippen LogP contribution in [0.25, 0.3) is 0 Å². The van der Waals surface area contributed by atoms with Gasteiger partial charge < -0.3 is 4.74 Å². The predicted octanol–water partition coefficient (Wildman–Crippen LogP) is 1.13. The van der Waals surface area contributed by atoms with Gasteiger partial charge in [0.15, 0.2) is 0 Å². The van der Waals surface area contributed by atoms with E-state index in [0.29, 0.717) is 19.4 Å². The largest absolute Gasteiger partial charge is 0.465 e. The van der Waals surface area contributed by atoms with Gasteiger partial charge >= 0.3 is 5.97 Å². The molecular weight excluding hydrogens is 182 g/mol. The van der Waals surface area contributed by atoms with Crippen molar-refractivity contribution in [2.45, 2.75) is 32.6 Å². The van der Waals surface area contributed by atoms with Gasteiger partial charge in [-0.25, -0.2) is 0 Å². The van der Waals surface area contributed by atoms with E-state index in [1.807, 2.05) is 0 Å². The fraction of sp³-hybridized carbons (Fsp3) is 0.700. The Morgan fingerprint density at radius 2 is 2.29 bits per heavy atom. The number of ether oxygens (including phenoxy) is 1. The van der Waals surface area contributed by atoms with Gasteiger partial charge in [-0.3, -0.25) is 14.6 Å². The van der Waals surface area contributed by atoms with E-state index in [4.69, 9.17) is 4.74 Å². The van der Waals surface area contributed by atoms with Crippen molar-refractivity contribution in [1.82, 2.24) is 0 Å². The van der Waals surface area contributed by atoms with Gasteiger partial charge in [0.2, 0.25) is 0 Å². The van der Waals surface area contributed by atoms with E-state index in [9.17, 15) is 9.59 Å². The maximum absolute atomic E-state index is 11.0. The molecule has 0 aliphatic heterocycles. The molecule has 14 heavy (non-hydrogen) atoms. The summed E-state index contributed by atoms with van der Waals surface area (Å²) >= 11 is 0. The lowest BCUT2D eigenvalue weighted by atomic mass is 9.97. The molecule has 4 heteroatoms. The molecule has 0 unspecified atom stereocenters. The van der Waals surface area contributed by atoms with Gasteiger partial charge in [-0.15, -0.1) is 0 Å². The number of aliphatic imine (C=N–C) groups is 1. The summed E-state index contributed by atoms with van der Waals surface area (Å²) in [5, 5.41) is 0. The van der Waals surface area contributed by atoms with Crippen LogP contribution in [0.1, 0.15) is 32.6 Å². The van der Waals surface area contributed by atoms with Crippen molar-refractivity contribution in [3.63, 3.8) is 0 Å². The fourth-order valence-corrected chi connectivity index (χ4v) is 1.41. The molecule has 1 saturated carbocycles. The summed E-state index contributed by atoms with van der Waals surface area (Å²) in [5.41, 5.74) is 0.842.